The maximum absolute atomic E-state index is 13.6. The van der Waals surface area contributed by atoms with Crippen LogP contribution in [0.1, 0.15) is 12.0 Å². The van der Waals surface area contributed by atoms with Gasteiger partial charge >= 0.3 is 0 Å². The molecule has 0 bridgehead atoms. The highest BCUT2D eigenvalue weighted by atomic mass is 79.9. The molecule has 106 valence electrons. The second-order valence-electron chi connectivity index (χ2n) is 3.94. The van der Waals surface area contributed by atoms with Gasteiger partial charge in [0.2, 0.25) is 0 Å². The fourth-order valence-corrected chi connectivity index (χ4v) is 1.82. The third-order valence-electron chi connectivity index (χ3n) is 2.43. The molecule has 4 nitrogen and oxygen atoms in total. The number of carbonyl (C=O) groups excluding carboxylic acids is 1. The highest BCUT2D eigenvalue weighted by Gasteiger charge is 2.10. The van der Waals surface area contributed by atoms with E-state index in [2.05, 4.69) is 21.2 Å². The van der Waals surface area contributed by atoms with Gasteiger partial charge in [-0.3, -0.25) is 4.79 Å². The lowest BCUT2D eigenvalue weighted by molar-refractivity contribution is -0.117. The van der Waals surface area contributed by atoms with Crippen LogP contribution in [0.3, 0.4) is 0 Å². The second-order valence-corrected chi connectivity index (χ2v) is 4.85. The molecule has 0 aliphatic carbocycles. The first-order valence-electron chi connectivity index (χ1n) is 5.92. The number of amides is 1. The van der Waals surface area contributed by atoms with Crippen molar-refractivity contribution in [2.75, 3.05) is 20.3 Å². The summed E-state index contributed by atoms with van der Waals surface area (Å²) < 4.78 is 19.1. The highest BCUT2D eigenvalue weighted by Crippen LogP contribution is 2.18. The summed E-state index contributed by atoms with van der Waals surface area (Å²) in [7, 11) is 1.57. The number of carbonyl (C=O) groups is 1. The van der Waals surface area contributed by atoms with Gasteiger partial charge < -0.3 is 10.1 Å². The number of hydrogen-bond donors (Lipinski definition) is 1. The molecule has 0 aliphatic rings. The van der Waals surface area contributed by atoms with Gasteiger partial charge in [-0.15, -0.1) is 0 Å². The van der Waals surface area contributed by atoms with E-state index in [0.29, 0.717) is 24.0 Å². The molecule has 0 aromatic heterocycles. The van der Waals surface area contributed by atoms with Gasteiger partial charge in [-0.1, -0.05) is 15.9 Å². The van der Waals surface area contributed by atoms with Gasteiger partial charge in [0.15, 0.2) is 0 Å². The van der Waals surface area contributed by atoms with Crippen molar-refractivity contribution in [2.45, 2.75) is 6.42 Å². The Balaban J connectivity index is 2.79. The van der Waals surface area contributed by atoms with Gasteiger partial charge in [-0.25, -0.2) is 4.39 Å². The Morgan fingerprint density at radius 3 is 3.00 bits per heavy atom. The van der Waals surface area contributed by atoms with Gasteiger partial charge in [-0.05, 0) is 30.7 Å². The molecule has 0 unspecified atom stereocenters. The largest absolute Gasteiger partial charge is 0.385 e. The Hall–Kier alpha value is -1.71. The fourth-order valence-electron chi connectivity index (χ4n) is 1.44. The summed E-state index contributed by atoms with van der Waals surface area (Å²) >= 11 is 3.21. The number of halogens is 2. The molecule has 20 heavy (non-hydrogen) atoms. The number of methoxy groups -OCH3 is 1. The summed E-state index contributed by atoms with van der Waals surface area (Å²) in [5.41, 5.74) is 0.0439. The summed E-state index contributed by atoms with van der Waals surface area (Å²) in [6.07, 6.45) is 1.87. The second kappa shape index (κ2) is 8.46. The molecule has 0 spiro atoms. The van der Waals surface area contributed by atoms with Crippen molar-refractivity contribution < 1.29 is 13.9 Å². The van der Waals surface area contributed by atoms with Crippen LogP contribution in [0.25, 0.3) is 6.08 Å². The predicted octanol–water partition coefficient (Wildman–Crippen LogP) is 2.65. The van der Waals surface area contributed by atoms with E-state index in [0.717, 1.165) is 0 Å². The van der Waals surface area contributed by atoms with Crippen molar-refractivity contribution in [3.8, 4) is 6.07 Å². The lowest BCUT2D eigenvalue weighted by atomic mass is 10.1. The average Bonchev–Trinajstić information content (AvgIpc) is 2.44. The average molecular weight is 341 g/mol. The normalized spacial score (nSPS) is 11.0. The quantitative estimate of drug-likeness (QED) is 0.492. The molecule has 0 saturated heterocycles. The van der Waals surface area contributed by atoms with E-state index in [1.807, 2.05) is 0 Å². The van der Waals surface area contributed by atoms with E-state index in [1.165, 1.54) is 18.2 Å². The Morgan fingerprint density at radius 1 is 1.60 bits per heavy atom. The summed E-state index contributed by atoms with van der Waals surface area (Å²) in [6, 6.07) is 6.09. The zero-order chi connectivity index (χ0) is 15.0. The van der Waals surface area contributed by atoms with Crippen LogP contribution in [-0.4, -0.2) is 26.2 Å². The van der Waals surface area contributed by atoms with Crippen LogP contribution in [0.2, 0.25) is 0 Å². The van der Waals surface area contributed by atoms with Crippen molar-refractivity contribution in [3.05, 3.63) is 39.6 Å². The SMILES string of the molecule is COCCCNC(=O)C(C#N)=Cc1cc(Br)ccc1F. The number of nitriles is 1. The van der Waals surface area contributed by atoms with E-state index in [9.17, 15) is 9.18 Å². The van der Waals surface area contributed by atoms with Crippen molar-refractivity contribution >= 4 is 27.9 Å². The molecule has 0 saturated carbocycles. The minimum atomic E-state index is -0.525. The monoisotopic (exact) mass is 340 g/mol. The summed E-state index contributed by atoms with van der Waals surface area (Å²) in [4.78, 5) is 11.8. The van der Waals surface area contributed by atoms with Crippen LogP contribution in [-0.2, 0) is 9.53 Å². The molecule has 1 aromatic carbocycles. The van der Waals surface area contributed by atoms with Gasteiger partial charge in [-0.2, -0.15) is 5.26 Å². The maximum atomic E-state index is 13.6. The summed E-state index contributed by atoms with van der Waals surface area (Å²) in [6.45, 7) is 0.915. The van der Waals surface area contributed by atoms with Crippen molar-refractivity contribution in [3.63, 3.8) is 0 Å². The minimum absolute atomic E-state index is 0.139. The third-order valence-corrected chi connectivity index (χ3v) is 2.93. The lowest BCUT2D eigenvalue weighted by Gasteiger charge is -2.04. The van der Waals surface area contributed by atoms with Crippen LogP contribution in [0.5, 0.6) is 0 Å². The van der Waals surface area contributed by atoms with Crippen molar-refractivity contribution in [1.82, 2.24) is 5.32 Å². The molecule has 0 heterocycles. The number of nitrogens with one attached hydrogen (secondary N) is 1. The first kappa shape index (κ1) is 16.3. The molecule has 0 atom stereocenters. The Morgan fingerprint density at radius 2 is 2.35 bits per heavy atom. The van der Waals surface area contributed by atoms with Crippen LogP contribution in [0, 0.1) is 17.1 Å². The smallest absolute Gasteiger partial charge is 0.261 e. The van der Waals surface area contributed by atoms with Gasteiger partial charge in [0.05, 0.1) is 0 Å². The number of nitrogens with zero attached hydrogens (tertiary/aromatic N) is 1. The van der Waals surface area contributed by atoms with E-state index < -0.39 is 11.7 Å². The standard InChI is InChI=1S/C14H14BrFN2O2/c1-20-6-2-5-18-14(19)11(9-17)7-10-8-12(15)3-4-13(10)16/h3-4,7-8H,2,5-6H2,1H3,(H,18,19). The highest BCUT2D eigenvalue weighted by molar-refractivity contribution is 9.10. The van der Waals surface area contributed by atoms with E-state index in [1.54, 1.807) is 19.2 Å². The Kier molecular flexibility index (Phi) is 6.91. The first-order chi connectivity index (χ1) is 9.58. The van der Waals surface area contributed by atoms with Crippen molar-refractivity contribution in [2.24, 2.45) is 0 Å². The number of hydrogen-bond acceptors (Lipinski definition) is 3. The molecule has 1 N–H and O–H groups in total. The Bertz CT molecular complexity index is 553. The van der Waals surface area contributed by atoms with E-state index in [4.69, 9.17) is 10.00 Å². The number of rotatable bonds is 6. The van der Waals surface area contributed by atoms with Crippen LogP contribution in [0.15, 0.2) is 28.2 Å². The maximum Gasteiger partial charge on any atom is 0.261 e. The van der Waals surface area contributed by atoms with Crippen LogP contribution in [0.4, 0.5) is 4.39 Å². The molecule has 0 radical (unpaired) electrons. The lowest BCUT2D eigenvalue weighted by Crippen LogP contribution is -2.26. The fraction of sp³-hybridized carbons (Fsp3) is 0.286. The van der Waals surface area contributed by atoms with Gasteiger partial charge in [0, 0.05) is 30.3 Å². The molecule has 1 rings (SSSR count). The van der Waals surface area contributed by atoms with E-state index in [-0.39, 0.29) is 11.1 Å². The van der Waals surface area contributed by atoms with Crippen LogP contribution >= 0.6 is 15.9 Å². The molecule has 1 aromatic rings. The minimum Gasteiger partial charge on any atom is -0.385 e. The summed E-state index contributed by atoms with van der Waals surface area (Å²) in [5, 5.41) is 11.6. The molecule has 0 fully saturated rings. The Labute approximate surface area is 125 Å². The molecular formula is C14H14BrFN2O2. The molecule has 0 aliphatic heterocycles. The van der Waals surface area contributed by atoms with E-state index >= 15 is 0 Å². The molecule has 1 amide bonds. The first-order valence-corrected chi connectivity index (χ1v) is 6.71. The predicted molar refractivity (Wildman–Crippen MR) is 77.2 cm³/mol. The van der Waals surface area contributed by atoms with Crippen molar-refractivity contribution in [1.29, 1.82) is 5.26 Å². The molecule has 6 heteroatoms. The number of benzene rings is 1. The zero-order valence-electron chi connectivity index (χ0n) is 11.0. The number of ether oxygens (including phenoxy) is 1. The van der Waals surface area contributed by atoms with Gasteiger partial charge in [0.1, 0.15) is 17.5 Å². The zero-order valence-corrected chi connectivity index (χ0v) is 12.5. The molecular weight excluding hydrogens is 327 g/mol. The summed E-state index contributed by atoms with van der Waals surface area (Å²) in [5.74, 6) is -1.02. The topological polar surface area (TPSA) is 62.1 Å². The van der Waals surface area contributed by atoms with Crippen LogP contribution < -0.4 is 5.32 Å². The third kappa shape index (κ3) is 5.11. The van der Waals surface area contributed by atoms with Gasteiger partial charge in [0.25, 0.3) is 5.91 Å².